The van der Waals surface area contributed by atoms with E-state index in [9.17, 15) is 9.59 Å². The zero-order chi connectivity index (χ0) is 11.8. The van der Waals surface area contributed by atoms with E-state index in [0.717, 1.165) is 42.1 Å². The van der Waals surface area contributed by atoms with Crippen molar-refractivity contribution < 1.29 is 9.59 Å². The Morgan fingerprint density at radius 3 is 3.12 bits per heavy atom. The number of nitrogens with zero attached hydrogens (tertiary/aromatic N) is 1. The molecule has 1 N–H and O–H groups in total. The molecule has 0 aliphatic carbocycles. The summed E-state index contributed by atoms with van der Waals surface area (Å²) in [5.41, 5.74) is 0. The minimum atomic E-state index is 0.130. The molecule has 2 saturated heterocycles. The molecule has 0 spiro atoms. The molecule has 1 amide bonds. The van der Waals surface area contributed by atoms with E-state index in [1.54, 1.807) is 0 Å². The van der Waals surface area contributed by atoms with Gasteiger partial charge in [-0.05, 0) is 25.0 Å². The van der Waals surface area contributed by atoms with Crippen LogP contribution in [0.25, 0.3) is 0 Å². The largest absolute Gasteiger partial charge is 0.358 e. The molecule has 1 aromatic heterocycles. The van der Waals surface area contributed by atoms with Crippen LogP contribution in [-0.2, 0) is 4.79 Å². The highest BCUT2D eigenvalue weighted by atomic mass is 32.1. The average molecular weight is 250 g/mol. The number of amides is 1. The first kappa shape index (κ1) is 10.8. The molecule has 5 heteroatoms. The first-order chi connectivity index (χ1) is 8.29. The van der Waals surface area contributed by atoms with Crippen molar-refractivity contribution in [3.8, 4) is 0 Å². The van der Waals surface area contributed by atoms with Crippen LogP contribution >= 0.6 is 11.3 Å². The first-order valence-corrected chi connectivity index (χ1v) is 6.70. The van der Waals surface area contributed by atoms with Crippen molar-refractivity contribution in [2.45, 2.75) is 18.9 Å². The lowest BCUT2D eigenvalue weighted by atomic mass is 9.92. The van der Waals surface area contributed by atoms with E-state index < -0.39 is 0 Å². The van der Waals surface area contributed by atoms with Gasteiger partial charge in [-0.25, -0.2) is 0 Å². The Labute approximate surface area is 104 Å². The highest BCUT2D eigenvalue weighted by Crippen LogP contribution is 2.34. The Balaban J connectivity index is 1.87. The van der Waals surface area contributed by atoms with Gasteiger partial charge in [0, 0.05) is 13.1 Å². The van der Waals surface area contributed by atoms with Gasteiger partial charge >= 0.3 is 0 Å². The van der Waals surface area contributed by atoms with Crippen molar-refractivity contribution in [2.24, 2.45) is 5.92 Å². The zero-order valence-corrected chi connectivity index (χ0v) is 10.2. The summed E-state index contributed by atoms with van der Waals surface area (Å²) in [5, 5.41) is 4.05. The number of thiophene rings is 1. The van der Waals surface area contributed by atoms with Crippen LogP contribution in [0.3, 0.4) is 0 Å². The Bertz CT molecular complexity index is 457. The van der Waals surface area contributed by atoms with Crippen LogP contribution in [0.2, 0.25) is 0 Å². The summed E-state index contributed by atoms with van der Waals surface area (Å²) >= 11 is 1.51. The Hall–Kier alpha value is -1.36. The zero-order valence-electron chi connectivity index (χ0n) is 9.39. The van der Waals surface area contributed by atoms with Gasteiger partial charge in [-0.2, -0.15) is 0 Å². The number of rotatable bonds is 2. The quantitative estimate of drug-likeness (QED) is 0.804. The van der Waals surface area contributed by atoms with E-state index in [1.807, 2.05) is 12.1 Å². The number of anilines is 1. The molecule has 17 heavy (non-hydrogen) atoms. The number of hydrogen-bond donors (Lipinski definition) is 1. The number of carbonyl (C=O) groups is 2. The SMILES string of the molecule is O=Cc1ccc(N2CCCC3C(=O)NCC32)s1. The number of carbonyl (C=O) groups excluding carboxylic acids is 2. The fourth-order valence-electron chi connectivity index (χ4n) is 2.79. The predicted octanol–water partition coefficient (Wildman–Crippen LogP) is 1.28. The van der Waals surface area contributed by atoms with Crippen LogP contribution in [0.15, 0.2) is 12.1 Å². The van der Waals surface area contributed by atoms with E-state index in [0.29, 0.717) is 0 Å². The predicted molar refractivity (Wildman–Crippen MR) is 66.6 cm³/mol. The average Bonchev–Trinajstić information content (AvgIpc) is 2.96. The topological polar surface area (TPSA) is 49.4 Å². The van der Waals surface area contributed by atoms with Crippen LogP contribution in [0.5, 0.6) is 0 Å². The minimum absolute atomic E-state index is 0.130. The molecule has 0 radical (unpaired) electrons. The third kappa shape index (κ3) is 1.74. The molecule has 0 bridgehead atoms. The first-order valence-electron chi connectivity index (χ1n) is 5.89. The van der Waals surface area contributed by atoms with E-state index >= 15 is 0 Å². The fourth-order valence-corrected chi connectivity index (χ4v) is 3.69. The second kappa shape index (κ2) is 4.14. The summed E-state index contributed by atoms with van der Waals surface area (Å²) in [4.78, 5) is 25.4. The van der Waals surface area contributed by atoms with Gasteiger partial charge in [-0.15, -0.1) is 11.3 Å². The number of nitrogens with one attached hydrogen (secondary N) is 1. The number of piperidine rings is 1. The van der Waals surface area contributed by atoms with Gasteiger partial charge in [0.15, 0.2) is 6.29 Å². The minimum Gasteiger partial charge on any atom is -0.358 e. The van der Waals surface area contributed by atoms with Gasteiger partial charge < -0.3 is 10.2 Å². The molecule has 2 aliphatic heterocycles. The Morgan fingerprint density at radius 1 is 1.47 bits per heavy atom. The third-order valence-electron chi connectivity index (χ3n) is 3.61. The molecule has 2 fully saturated rings. The number of hydrogen-bond acceptors (Lipinski definition) is 4. The molecule has 90 valence electrons. The molecule has 1 aromatic rings. The van der Waals surface area contributed by atoms with Crippen LogP contribution in [0, 0.1) is 5.92 Å². The van der Waals surface area contributed by atoms with Crippen molar-refractivity contribution in [2.75, 3.05) is 18.0 Å². The maximum absolute atomic E-state index is 11.7. The lowest BCUT2D eigenvalue weighted by Gasteiger charge is -2.36. The summed E-state index contributed by atoms with van der Waals surface area (Å²) in [6, 6.07) is 4.11. The Kier molecular flexibility index (Phi) is 2.63. The molecular formula is C12H14N2O2S. The van der Waals surface area contributed by atoms with Crippen molar-refractivity contribution in [3.05, 3.63) is 17.0 Å². The Morgan fingerprint density at radius 2 is 2.35 bits per heavy atom. The van der Waals surface area contributed by atoms with E-state index in [-0.39, 0.29) is 17.9 Å². The van der Waals surface area contributed by atoms with Gasteiger partial charge in [0.2, 0.25) is 5.91 Å². The molecule has 4 nitrogen and oxygen atoms in total. The highest BCUT2D eigenvalue weighted by molar-refractivity contribution is 7.17. The van der Waals surface area contributed by atoms with Gasteiger partial charge in [0.1, 0.15) is 0 Å². The smallest absolute Gasteiger partial charge is 0.225 e. The molecule has 3 rings (SSSR count). The summed E-state index contributed by atoms with van der Waals surface area (Å²) in [6.45, 7) is 1.72. The van der Waals surface area contributed by atoms with Crippen LogP contribution in [0.1, 0.15) is 22.5 Å². The summed E-state index contributed by atoms with van der Waals surface area (Å²) in [6.07, 6.45) is 2.91. The van der Waals surface area contributed by atoms with Crippen molar-refractivity contribution in [1.82, 2.24) is 5.32 Å². The maximum Gasteiger partial charge on any atom is 0.225 e. The molecule has 3 heterocycles. The molecular weight excluding hydrogens is 236 g/mol. The number of fused-ring (bicyclic) bond motifs is 1. The summed E-state index contributed by atoms with van der Waals surface area (Å²) < 4.78 is 0. The van der Waals surface area contributed by atoms with Crippen molar-refractivity contribution in [3.63, 3.8) is 0 Å². The lowest BCUT2D eigenvalue weighted by Crippen LogP contribution is -2.45. The van der Waals surface area contributed by atoms with Gasteiger partial charge in [0.05, 0.1) is 21.8 Å². The van der Waals surface area contributed by atoms with Gasteiger partial charge in [-0.3, -0.25) is 9.59 Å². The number of aldehydes is 1. The van der Waals surface area contributed by atoms with E-state index in [1.165, 1.54) is 11.3 Å². The third-order valence-corrected chi connectivity index (χ3v) is 4.66. The van der Waals surface area contributed by atoms with Crippen molar-refractivity contribution >= 4 is 28.5 Å². The standard InChI is InChI=1S/C12H14N2O2S/c15-7-8-3-4-11(17-8)14-5-1-2-9-10(14)6-13-12(9)16/h3-4,7,9-10H,1-2,5-6H2,(H,13,16). The van der Waals surface area contributed by atoms with Crippen molar-refractivity contribution in [1.29, 1.82) is 0 Å². The van der Waals surface area contributed by atoms with Gasteiger partial charge in [-0.1, -0.05) is 0 Å². The highest BCUT2D eigenvalue weighted by Gasteiger charge is 2.41. The normalized spacial score (nSPS) is 27.8. The van der Waals surface area contributed by atoms with E-state index in [2.05, 4.69) is 10.2 Å². The molecule has 2 unspecified atom stereocenters. The molecule has 2 aliphatic rings. The lowest BCUT2D eigenvalue weighted by molar-refractivity contribution is -0.122. The summed E-state index contributed by atoms with van der Waals surface area (Å²) in [5.74, 6) is 0.317. The molecule has 2 atom stereocenters. The van der Waals surface area contributed by atoms with Crippen LogP contribution < -0.4 is 10.2 Å². The monoisotopic (exact) mass is 250 g/mol. The van der Waals surface area contributed by atoms with Crippen LogP contribution in [0.4, 0.5) is 5.00 Å². The van der Waals surface area contributed by atoms with Crippen LogP contribution in [-0.4, -0.2) is 31.3 Å². The van der Waals surface area contributed by atoms with E-state index in [4.69, 9.17) is 0 Å². The summed E-state index contributed by atoms with van der Waals surface area (Å²) in [7, 11) is 0. The maximum atomic E-state index is 11.7. The second-order valence-electron chi connectivity index (χ2n) is 4.55. The second-order valence-corrected chi connectivity index (χ2v) is 5.64. The molecule has 0 saturated carbocycles. The van der Waals surface area contributed by atoms with Gasteiger partial charge in [0.25, 0.3) is 0 Å². The fraction of sp³-hybridized carbons (Fsp3) is 0.500. The molecule has 0 aromatic carbocycles.